The van der Waals surface area contributed by atoms with Gasteiger partial charge in [-0.2, -0.15) is 0 Å². The second-order valence-electron chi connectivity index (χ2n) is 4.74. The highest BCUT2D eigenvalue weighted by Gasteiger charge is 2.19. The Morgan fingerprint density at radius 3 is 2.71 bits per heavy atom. The number of aromatic amines is 1. The lowest BCUT2D eigenvalue weighted by Gasteiger charge is -2.15. The number of imidazole rings is 1. The highest BCUT2D eigenvalue weighted by molar-refractivity contribution is 5.84. The van der Waals surface area contributed by atoms with Crippen LogP contribution in [0.3, 0.4) is 0 Å². The molecule has 0 fully saturated rings. The van der Waals surface area contributed by atoms with Crippen LogP contribution >= 0.6 is 0 Å². The normalized spacial score (nSPS) is 13.4. The summed E-state index contributed by atoms with van der Waals surface area (Å²) in [5.41, 5.74) is 7.51. The number of carbonyl (C=O) groups excluding carboxylic acids is 2. The molecule has 0 aliphatic heterocycles. The molecule has 21 heavy (non-hydrogen) atoms. The number of aromatic nitrogens is 2. The van der Waals surface area contributed by atoms with Crippen molar-refractivity contribution < 1.29 is 9.59 Å². The number of nitrogens with one attached hydrogen (secondary N) is 2. The molecule has 0 bridgehead atoms. The second-order valence-corrected chi connectivity index (χ2v) is 4.74. The smallest absolute Gasteiger partial charge is 0.237 e. The van der Waals surface area contributed by atoms with Crippen molar-refractivity contribution in [3.05, 3.63) is 54.1 Å². The van der Waals surface area contributed by atoms with Crippen molar-refractivity contribution in [1.29, 1.82) is 0 Å². The number of hydrogen-bond acceptors (Lipinski definition) is 4. The molecule has 2 aromatic rings. The van der Waals surface area contributed by atoms with E-state index in [1.165, 1.54) is 6.33 Å². The SMILES string of the molecule is NC(Cc1ccccc1)C(=O)NC([C]=O)Cc1c[nH]cn1. The van der Waals surface area contributed by atoms with E-state index in [9.17, 15) is 9.59 Å². The van der Waals surface area contributed by atoms with Crippen molar-refractivity contribution >= 4 is 12.2 Å². The van der Waals surface area contributed by atoms with E-state index in [0.717, 1.165) is 5.56 Å². The summed E-state index contributed by atoms with van der Waals surface area (Å²) in [5, 5.41) is 2.58. The average Bonchev–Trinajstić information content (AvgIpc) is 3.00. The maximum atomic E-state index is 12.0. The summed E-state index contributed by atoms with van der Waals surface area (Å²) in [4.78, 5) is 29.7. The minimum atomic E-state index is -0.748. The molecule has 2 atom stereocenters. The van der Waals surface area contributed by atoms with Crippen molar-refractivity contribution in [2.45, 2.75) is 24.9 Å². The van der Waals surface area contributed by atoms with Crippen LogP contribution < -0.4 is 11.1 Å². The fourth-order valence-corrected chi connectivity index (χ4v) is 1.97. The largest absolute Gasteiger partial charge is 0.351 e. The van der Waals surface area contributed by atoms with Crippen molar-refractivity contribution in [2.75, 3.05) is 0 Å². The Hall–Kier alpha value is -2.47. The lowest BCUT2D eigenvalue weighted by Crippen LogP contribution is -2.47. The maximum absolute atomic E-state index is 12.0. The number of nitrogens with zero attached hydrogens (tertiary/aromatic N) is 1. The van der Waals surface area contributed by atoms with E-state index in [-0.39, 0.29) is 12.3 Å². The summed E-state index contributed by atoms with van der Waals surface area (Å²) in [5.74, 6) is -0.372. The van der Waals surface area contributed by atoms with Gasteiger partial charge in [-0.15, -0.1) is 0 Å². The molecule has 0 spiro atoms. The first-order valence-electron chi connectivity index (χ1n) is 6.64. The molecule has 1 aromatic heterocycles. The number of H-pyrrole nitrogens is 1. The minimum absolute atomic E-state index is 0.288. The third-order valence-electron chi connectivity index (χ3n) is 3.06. The quantitative estimate of drug-likeness (QED) is 0.672. The van der Waals surface area contributed by atoms with Gasteiger partial charge >= 0.3 is 0 Å². The molecule has 6 nitrogen and oxygen atoms in total. The summed E-state index contributed by atoms with van der Waals surface area (Å²) in [6.45, 7) is 0. The Morgan fingerprint density at radius 2 is 2.10 bits per heavy atom. The van der Waals surface area contributed by atoms with Crippen LogP contribution in [0.4, 0.5) is 0 Å². The van der Waals surface area contributed by atoms with Gasteiger partial charge in [-0.25, -0.2) is 4.98 Å². The lowest BCUT2D eigenvalue weighted by molar-refractivity contribution is -0.122. The molecule has 1 amide bonds. The topological polar surface area (TPSA) is 101 Å². The van der Waals surface area contributed by atoms with E-state index in [2.05, 4.69) is 15.3 Å². The van der Waals surface area contributed by atoms with Gasteiger partial charge in [-0.3, -0.25) is 9.59 Å². The van der Waals surface area contributed by atoms with E-state index >= 15 is 0 Å². The molecule has 2 unspecified atom stereocenters. The molecule has 0 aliphatic carbocycles. The van der Waals surface area contributed by atoms with E-state index in [4.69, 9.17) is 5.73 Å². The zero-order chi connectivity index (χ0) is 15.1. The summed E-state index contributed by atoms with van der Waals surface area (Å²) in [6.07, 6.45) is 5.69. The number of amides is 1. The summed E-state index contributed by atoms with van der Waals surface area (Å²) in [7, 11) is 0. The molecule has 2 rings (SSSR count). The highest BCUT2D eigenvalue weighted by Crippen LogP contribution is 2.03. The fraction of sp³-hybridized carbons (Fsp3) is 0.267. The summed E-state index contributed by atoms with van der Waals surface area (Å²) in [6, 6.07) is 8.03. The second kappa shape index (κ2) is 7.35. The van der Waals surface area contributed by atoms with E-state index in [0.29, 0.717) is 12.1 Å². The number of benzene rings is 1. The predicted octanol–water partition coefficient (Wildman–Crippen LogP) is 0.117. The first-order valence-corrected chi connectivity index (χ1v) is 6.64. The van der Waals surface area contributed by atoms with E-state index in [1.54, 1.807) is 12.5 Å². The molecule has 1 radical (unpaired) electrons. The Bertz CT molecular complexity index is 569. The molecule has 0 saturated carbocycles. The fourth-order valence-electron chi connectivity index (χ4n) is 1.97. The van der Waals surface area contributed by atoms with Crippen LogP contribution in [-0.4, -0.2) is 34.2 Å². The predicted molar refractivity (Wildman–Crippen MR) is 78.0 cm³/mol. The van der Waals surface area contributed by atoms with Gasteiger partial charge in [0.1, 0.15) is 6.04 Å². The van der Waals surface area contributed by atoms with Gasteiger partial charge < -0.3 is 16.0 Å². The van der Waals surface area contributed by atoms with Crippen molar-refractivity contribution in [3.63, 3.8) is 0 Å². The van der Waals surface area contributed by atoms with Gasteiger partial charge in [0.15, 0.2) is 0 Å². The first kappa shape index (κ1) is 14.9. The Morgan fingerprint density at radius 1 is 1.33 bits per heavy atom. The molecule has 1 heterocycles. The van der Waals surface area contributed by atoms with E-state index < -0.39 is 12.1 Å². The summed E-state index contributed by atoms with van der Waals surface area (Å²) < 4.78 is 0. The van der Waals surface area contributed by atoms with Crippen LogP contribution in [0.5, 0.6) is 0 Å². The molecule has 6 heteroatoms. The van der Waals surface area contributed by atoms with Gasteiger partial charge in [-0.1, -0.05) is 30.3 Å². The van der Waals surface area contributed by atoms with Crippen molar-refractivity contribution in [2.24, 2.45) is 5.73 Å². The van der Waals surface area contributed by atoms with Gasteiger partial charge in [0.25, 0.3) is 0 Å². The summed E-state index contributed by atoms with van der Waals surface area (Å²) >= 11 is 0. The molecular formula is C15H17N4O2. The monoisotopic (exact) mass is 285 g/mol. The number of hydrogen-bond donors (Lipinski definition) is 3. The highest BCUT2D eigenvalue weighted by atomic mass is 16.2. The Labute approximate surface area is 122 Å². The van der Waals surface area contributed by atoms with Gasteiger partial charge in [0.2, 0.25) is 12.2 Å². The molecule has 109 valence electrons. The van der Waals surface area contributed by atoms with Gasteiger partial charge in [0, 0.05) is 12.6 Å². The average molecular weight is 285 g/mol. The van der Waals surface area contributed by atoms with Gasteiger partial charge in [-0.05, 0) is 12.0 Å². The first-order chi connectivity index (χ1) is 10.2. The number of rotatable bonds is 7. The van der Waals surface area contributed by atoms with E-state index in [1.807, 2.05) is 30.3 Å². The molecular weight excluding hydrogens is 268 g/mol. The van der Waals surface area contributed by atoms with Crippen LogP contribution in [0.25, 0.3) is 0 Å². The van der Waals surface area contributed by atoms with Crippen LogP contribution in [-0.2, 0) is 22.4 Å². The van der Waals surface area contributed by atoms with Crippen molar-refractivity contribution in [3.8, 4) is 0 Å². The maximum Gasteiger partial charge on any atom is 0.237 e. The standard InChI is InChI=1S/C15H17N4O2/c16-14(6-11-4-2-1-3-5-11)15(21)19-13(9-20)7-12-8-17-10-18-12/h1-5,8,10,13-14H,6-7,16H2,(H,17,18)(H,19,21). The molecule has 0 saturated heterocycles. The number of carbonyl (C=O) groups is 1. The third kappa shape index (κ3) is 4.54. The van der Waals surface area contributed by atoms with Crippen LogP contribution in [0.2, 0.25) is 0 Å². The van der Waals surface area contributed by atoms with Gasteiger partial charge in [0.05, 0.1) is 18.1 Å². The van der Waals surface area contributed by atoms with Crippen LogP contribution in [0, 0.1) is 0 Å². The zero-order valence-corrected chi connectivity index (χ0v) is 11.5. The third-order valence-corrected chi connectivity index (χ3v) is 3.06. The van der Waals surface area contributed by atoms with Crippen LogP contribution in [0.1, 0.15) is 11.3 Å². The van der Waals surface area contributed by atoms with Crippen LogP contribution in [0.15, 0.2) is 42.9 Å². The number of nitrogens with two attached hydrogens (primary N) is 1. The lowest BCUT2D eigenvalue weighted by atomic mass is 10.1. The molecule has 4 N–H and O–H groups in total. The van der Waals surface area contributed by atoms with Crippen molar-refractivity contribution in [1.82, 2.24) is 15.3 Å². The Balaban J connectivity index is 1.88. The Kier molecular flexibility index (Phi) is 5.22. The molecule has 1 aromatic carbocycles. The minimum Gasteiger partial charge on any atom is -0.351 e. The zero-order valence-electron chi connectivity index (χ0n) is 11.5. The molecule has 0 aliphatic rings.